The van der Waals surface area contributed by atoms with E-state index in [9.17, 15) is 41.4 Å². The number of amides is 2. The van der Waals surface area contributed by atoms with Gasteiger partial charge in [-0.3, -0.25) is 9.59 Å². The summed E-state index contributed by atoms with van der Waals surface area (Å²) in [5.41, 5.74) is -2.41. The number of hydrogen-bond acceptors (Lipinski definition) is 6. The van der Waals surface area contributed by atoms with Crippen molar-refractivity contribution in [1.82, 2.24) is 4.90 Å². The van der Waals surface area contributed by atoms with Gasteiger partial charge in [-0.1, -0.05) is 18.2 Å². The Labute approximate surface area is 205 Å². The van der Waals surface area contributed by atoms with E-state index in [0.717, 1.165) is 18.4 Å². The lowest BCUT2D eigenvalue weighted by Crippen LogP contribution is -2.45. The fourth-order valence-electron chi connectivity index (χ4n) is 4.42. The molecule has 1 saturated carbocycles. The van der Waals surface area contributed by atoms with E-state index in [0.29, 0.717) is 18.1 Å². The van der Waals surface area contributed by atoms with E-state index < -0.39 is 51.1 Å². The second-order valence-electron chi connectivity index (χ2n) is 9.46. The van der Waals surface area contributed by atoms with E-state index >= 15 is 0 Å². The van der Waals surface area contributed by atoms with Gasteiger partial charge < -0.3 is 20.4 Å². The van der Waals surface area contributed by atoms with Crippen LogP contribution in [0.4, 0.5) is 18.9 Å². The number of anilines is 1. The predicted octanol–water partition coefficient (Wildman–Crippen LogP) is 2.65. The summed E-state index contributed by atoms with van der Waals surface area (Å²) in [5, 5.41) is 22.0. The van der Waals surface area contributed by atoms with Crippen molar-refractivity contribution in [3.05, 3.63) is 59.2 Å². The number of fused-ring (bicyclic) bond motifs is 1. The summed E-state index contributed by atoms with van der Waals surface area (Å²) in [7, 11) is -3.53. The number of alkyl halides is 3. The van der Waals surface area contributed by atoms with E-state index in [4.69, 9.17) is 0 Å². The molecule has 1 aliphatic carbocycles. The summed E-state index contributed by atoms with van der Waals surface area (Å²) in [6, 6.07) is 7.66. The van der Waals surface area contributed by atoms with Gasteiger partial charge in [-0.05, 0) is 60.7 Å². The van der Waals surface area contributed by atoms with E-state index in [-0.39, 0.29) is 35.9 Å². The highest BCUT2D eigenvalue weighted by Gasteiger charge is 2.51. The Morgan fingerprint density at radius 3 is 2.22 bits per heavy atom. The Bertz CT molecular complexity index is 1300. The molecule has 0 radical (unpaired) electrons. The Hall–Kier alpha value is -2.96. The van der Waals surface area contributed by atoms with Crippen LogP contribution in [0.5, 0.6) is 0 Å². The van der Waals surface area contributed by atoms with Crippen LogP contribution in [0.25, 0.3) is 0 Å². The van der Waals surface area contributed by atoms with Crippen molar-refractivity contribution in [1.29, 1.82) is 0 Å². The average molecular weight is 527 g/mol. The molecule has 0 saturated heterocycles. The minimum atomic E-state index is -4.90. The molecule has 2 atom stereocenters. The molecule has 2 aliphatic rings. The first-order valence-corrected chi connectivity index (χ1v) is 13.0. The maximum Gasteiger partial charge on any atom is 0.421 e. The van der Waals surface area contributed by atoms with Crippen LogP contribution in [-0.2, 0) is 31.6 Å². The molecule has 0 aromatic heterocycles. The number of carbonyl (C=O) groups is 2. The zero-order chi connectivity index (χ0) is 26.6. The summed E-state index contributed by atoms with van der Waals surface area (Å²) >= 11 is 0. The smallest absolute Gasteiger partial charge is 0.393 e. The lowest BCUT2D eigenvalue weighted by Gasteiger charge is -2.35. The number of halogens is 3. The van der Waals surface area contributed by atoms with E-state index in [1.807, 2.05) is 0 Å². The first kappa shape index (κ1) is 26.1. The van der Waals surface area contributed by atoms with Crippen molar-refractivity contribution in [3.63, 3.8) is 0 Å². The quantitative estimate of drug-likeness (QED) is 0.551. The van der Waals surface area contributed by atoms with Gasteiger partial charge in [0.25, 0.3) is 5.91 Å². The minimum Gasteiger partial charge on any atom is -0.393 e. The standard InChI is InChI=1S/C24H25F3N2O6S/c1-23(33,24(25,26)27)15-3-5-16(6-4-15)28-21(31)20-19-8-7-18(36(2,34)35)11-14(19)12-29(20)22(32)13-9-17(30)10-13/h3-8,11,13,17,20,30,33H,9-10,12H2,1-2H3,(H,28,31). The molecule has 2 unspecified atom stereocenters. The number of aliphatic hydroxyl groups excluding tert-OH is 1. The third-order valence-corrected chi connectivity index (χ3v) is 7.86. The van der Waals surface area contributed by atoms with Gasteiger partial charge in [-0.15, -0.1) is 0 Å². The predicted molar refractivity (Wildman–Crippen MR) is 122 cm³/mol. The van der Waals surface area contributed by atoms with Crippen molar-refractivity contribution in [2.75, 3.05) is 11.6 Å². The second kappa shape index (κ2) is 8.86. The number of nitrogens with zero attached hydrogens (tertiary/aromatic N) is 1. The van der Waals surface area contributed by atoms with Crippen molar-refractivity contribution < 1.29 is 41.4 Å². The molecule has 0 bridgehead atoms. The number of carbonyl (C=O) groups excluding carboxylic acids is 2. The lowest BCUT2D eigenvalue weighted by molar-refractivity contribution is -0.258. The van der Waals surface area contributed by atoms with Crippen LogP contribution in [0.3, 0.4) is 0 Å². The molecule has 2 amide bonds. The third-order valence-electron chi connectivity index (χ3n) is 6.75. The molecule has 36 heavy (non-hydrogen) atoms. The summed E-state index contributed by atoms with van der Waals surface area (Å²) in [6.07, 6.45) is -3.93. The van der Waals surface area contributed by atoms with Gasteiger partial charge in [0.1, 0.15) is 6.04 Å². The van der Waals surface area contributed by atoms with Gasteiger partial charge in [0.15, 0.2) is 15.4 Å². The summed E-state index contributed by atoms with van der Waals surface area (Å²) in [4.78, 5) is 27.8. The van der Waals surface area contributed by atoms with Crippen LogP contribution in [0.1, 0.15) is 42.5 Å². The van der Waals surface area contributed by atoms with Crippen LogP contribution in [0, 0.1) is 5.92 Å². The highest BCUT2D eigenvalue weighted by atomic mass is 32.2. The van der Waals surface area contributed by atoms with Crippen LogP contribution in [-0.4, -0.2) is 53.9 Å². The molecule has 0 spiro atoms. The van der Waals surface area contributed by atoms with Crippen molar-refractivity contribution in [2.24, 2.45) is 5.92 Å². The lowest BCUT2D eigenvalue weighted by atomic mass is 9.81. The highest BCUT2D eigenvalue weighted by molar-refractivity contribution is 7.90. The largest absolute Gasteiger partial charge is 0.421 e. The van der Waals surface area contributed by atoms with Gasteiger partial charge in [0.2, 0.25) is 5.91 Å². The van der Waals surface area contributed by atoms with Crippen LogP contribution in [0.15, 0.2) is 47.4 Å². The zero-order valence-corrected chi connectivity index (χ0v) is 20.2. The Morgan fingerprint density at radius 2 is 1.69 bits per heavy atom. The molecule has 2 aromatic rings. The average Bonchev–Trinajstić information content (AvgIpc) is 3.14. The summed E-state index contributed by atoms with van der Waals surface area (Å²) in [6.45, 7) is 0.622. The van der Waals surface area contributed by atoms with Crippen molar-refractivity contribution in [3.8, 4) is 0 Å². The maximum absolute atomic E-state index is 13.3. The van der Waals surface area contributed by atoms with Crippen LogP contribution < -0.4 is 5.32 Å². The third kappa shape index (κ3) is 4.72. The number of aliphatic hydroxyl groups is 2. The van der Waals surface area contributed by atoms with E-state index in [1.54, 1.807) is 0 Å². The first-order chi connectivity index (χ1) is 16.6. The Morgan fingerprint density at radius 1 is 1.08 bits per heavy atom. The Kier molecular flexibility index (Phi) is 6.42. The van der Waals surface area contributed by atoms with Crippen molar-refractivity contribution >= 4 is 27.3 Å². The monoisotopic (exact) mass is 526 g/mol. The molecular formula is C24H25F3N2O6S. The molecule has 2 aromatic carbocycles. The molecule has 8 nitrogen and oxygen atoms in total. The van der Waals surface area contributed by atoms with E-state index in [1.165, 1.54) is 35.2 Å². The minimum absolute atomic E-state index is 0.00437. The molecule has 1 fully saturated rings. The van der Waals surface area contributed by atoms with Gasteiger partial charge in [0, 0.05) is 24.4 Å². The van der Waals surface area contributed by atoms with Crippen LogP contribution in [0.2, 0.25) is 0 Å². The summed E-state index contributed by atoms with van der Waals surface area (Å²) in [5.74, 6) is -1.46. The fourth-order valence-corrected chi connectivity index (χ4v) is 5.09. The normalized spacial score (nSPS) is 23.4. The first-order valence-electron chi connectivity index (χ1n) is 11.1. The Balaban J connectivity index is 1.62. The fraction of sp³-hybridized carbons (Fsp3) is 0.417. The second-order valence-corrected chi connectivity index (χ2v) is 11.5. The maximum atomic E-state index is 13.3. The molecule has 12 heteroatoms. The molecule has 3 N–H and O–H groups in total. The zero-order valence-electron chi connectivity index (χ0n) is 19.4. The number of benzene rings is 2. The van der Waals surface area contributed by atoms with Gasteiger partial charge in [-0.2, -0.15) is 13.2 Å². The molecule has 4 rings (SSSR count). The SMILES string of the molecule is CC(O)(c1ccc(NC(=O)C2c3ccc(S(C)(=O)=O)cc3CN2C(=O)C2CC(O)C2)cc1)C(F)(F)F. The molecule has 1 aliphatic heterocycles. The van der Waals surface area contributed by atoms with Gasteiger partial charge in [0.05, 0.1) is 11.0 Å². The number of rotatable bonds is 5. The molecular weight excluding hydrogens is 501 g/mol. The number of nitrogens with one attached hydrogen (secondary N) is 1. The van der Waals surface area contributed by atoms with Gasteiger partial charge >= 0.3 is 6.18 Å². The molecule has 1 heterocycles. The van der Waals surface area contributed by atoms with Crippen molar-refractivity contribution in [2.45, 2.75) is 55.1 Å². The molecule has 194 valence electrons. The van der Waals surface area contributed by atoms with Gasteiger partial charge in [-0.25, -0.2) is 8.42 Å². The topological polar surface area (TPSA) is 124 Å². The summed E-state index contributed by atoms with van der Waals surface area (Å²) < 4.78 is 63.3. The van der Waals surface area contributed by atoms with Crippen LogP contribution >= 0.6 is 0 Å². The van der Waals surface area contributed by atoms with E-state index in [2.05, 4.69) is 5.32 Å². The number of sulfone groups is 1. The number of hydrogen-bond donors (Lipinski definition) is 3. The highest BCUT2D eigenvalue weighted by Crippen LogP contribution is 2.41.